The highest BCUT2D eigenvalue weighted by molar-refractivity contribution is 7.89. The van der Waals surface area contributed by atoms with Crippen LogP contribution in [0.4, 0.5) is 71.8 Å². The van der Waals surface area contributed by atoms with Crippen LogP contribution in [-0.2, 0) is 56.9 Å². The molecule has 22 nitrogen and oxygen atoms in total. The first-order chi connectivity index (χ1) is 59.6. The normalized spacial score (nSPS) is 17.3. The molecule has 10 aromatic rings. The van der Waals surface area contributed by atoms with Gasteiger partial charge in [-0.15, -0.1) is 0 Å². The Labute approximate surface area is 750 Å². The fourth-order valence-corrected chi connectivity index (χ4v) is 16.8. The number of hydrogen-bond donors (Lipinski definition) is 8. The highest BCUT2D eigenvalue weighted by Gasteiger charge is 2.34. The average Bonchev–Trinajstić information content (AvgIpc) is 0.805. The maximum atomic E-state index is 13.5. The third kappa shape index (κ3) is 28.5. The minimum atomic E-state index is -3.30. The summed E-state index contributed by atoms with van der Waals surface area (Å²) < 4.78 is 130. The number of nitrogens with one attached hydrogen (secondary N) is 8. The van der Waals surface area contributed by atoms with Crippen molar-refractivity contribution in [1.82, 2.24) is 18.9 Å². The number of amides is 6. The van der Waals surface area contributed by atoms with E-state index < -0.39 is 66.8 Å². The van der Waals surface area contributed by atoms with E-state index in [-0.39, 0.29) is 102 Å². The molecule has 1 aromatic heterocycles. The summed E-state index contributed by atoms with van der Waals surface area (Å²) in [5.41, 5.74) is 8.01. The van der Waals surface area contributed by atoms with Gasteiger partial charge in [-0.3, -0.25) is 33.8 Å². The van der Waals surface area contributed by atoms with Gasteiger partial charge >= 0.3 is 0 Å². The average molecular weight is 1880 g/mol. The maximum absolute atomic E-state index is 13.5. The molecule has 6 heterocycles. The summed E-state index contributed by atoms with van der Waals surface area (Å²) in [6.45, 7) is 8.56. The van der Waals surface area contributed by atoms with E-state index in [1.807, 2.05) is 60.7 Å². The summed E-state index contributed by atoms with van der Waals surface area (Å²) in [4.78, 5) is 79.6. The quantitative estimate of drug-likeness (QED) is 0.0418. The van der Waals surface area contributed by atoms with Gasteiger partial charge in [0, 0.05) is 109 Å². The number of benzene rings is 9. The van der Waals surface area contributed by atoms with Gasteiger partial charge in [-0.05, 0) is 216 Å². The molecule has 5 aliphatic rings. The number of sulfonamides is 2. The fourth-order valence-electron chi connectivity index (χ4n) is 14.0. The number of carbonyl (C=O) groups excluding carboxylic acids is 6. The van der Waals surface area contributed by atoms with Crippen molar-refractivity contribution in [2.45, 2.75) is 65.2 Å². The van der Waals surface area contributed by atoms with Crippen LogP contribution in [0.3, 0.4) is 0 Å². The van der Waals surface area contributed by atoms with Gasteiger partial charge in [-0.1, -0.05) is 124 Å². The summed E-state index contributed by atoms with van der Waals surface area (Å²) in [7, 11) is -6.60. The number of halogens is 12. The van der Waals surface area contributed by atoms with Gasteiger partial charge < -0.3 is 47.4 Å². The third-order valence-electron chi connectivity index (χ3n) is 20.8. The number of fused-ring (bicyclic) bond motifs is 3. The van der Waals surface area contributed by atoms with E-state index in [0.29, 0.717) is 111 Å². The van der Waals surface area contributed by atoms with Crippen molar-refractivity contribution < 1.29 is 71.9 Å². The lowest BCUT2D eigenvalue weighted by atomic mass is 9.91. The van der Waals surface area contributed by atoms with E-state index in [4.69, 9.17) is 69.6 Å². The van der Waals surface area contributed by atoms with Crippen LogP contribution in [0, 0.1) is 64.5 Å². The lowest BCUT2D eigenvalue weighted by Gasteiger charge is -2.34. The van der Waals surface area contributed by atoms with Crippen LogP contribution in [0.25, 0.3) is 10.9 Å². The van der Waals surface area contributed by atoms with Crippen molar-refractivity contribution in [3.63, 3.8) is 0 Å². The first kappa shape index (κ1) is 97.1. The Balaban J connectivity index is 0.000000157. The maximum Gasteiger partial charge on any atom is 0.257 e. The summed E-state index contributed by atoms with van der Waals surface area (Å²) in [5.74, 6) is -5.91. The predicted octanol–water partition coefficient (Wildman–Crippen LogP) is 19.1. The predicted molar refractivity (Wildman–Crippen MR) is 483 cm³/mol. The Morgan fingerprint density at radius 3 is 1.27 bits per heavy atom. The summed E-state index contributed by atoms with van der Waals surface area (Å²) >= 11 is 33.6. The molecule has 5 unspecified atom stereocenters. The standard InChI is InChI=1S/C18H18ClFN2O.C16H14ClFN2O.C16H10ClFN2O.C14H18ClFN2O3S.C13H16ClFN2O3S.C12H14ClFN2O/c1-2-22-11-13(9-12-5-3-4-6-17(12)22)18(23)21-14-7-8-15(19)16(20)10-14;2*17-13-6-5-12(8-14(13)18)20-16(21)11-7-10-3-1-2-4-15(10)19-9-11;1-2-22(20,21)18-7-3-4-10(9-18)14(19)17-11-5-6-12(15)13(16)8-11;1-21(19,20)17-6-2-3-9(8-17)13(18)16-10-4-5-11(14)12(15)7-10;13-10-4-3-9(6-11(10)14)16-12(17)8-2-1-5-15-7-8/h3-8,10,13H,2,9,11H2,1H3,(H,21,23);1-6,8,11,19H,7,9H2,(H,20,21);1-9H,(H,20,21);5-6,8,10H,2-4,7,9H2,1H3,(H,17,19);4-5,7,9H,2-3,6,8H2,1H3,(H,16,18);3-4,6,8,15H,1-2,5,7H2,(H,16,17). The van der Waals surface area contributed by atoms with Crippen LogP contribution in [-0.4, -0.2) is 137 Å². The van der Waals surface area contributed by atoms with Crippen molar-refractivity contribution >= 4 is 181 Å². The van der Waals surface area contributed by atoms with Crippen LogP contribution in [0.2, 0.25) is 30.1 Å². The summed E-state index contributed by atoms with van der Waals surface area (Å²) in [6, 6.07) is 50.2. The SMILES string of the molecule is CCN1CC(C(=O)Nc2ccc(Cl)c(F)c2)Cc2ccccc21.CCS(=O)(=O)N1CCCC(C(=O)Nc2ccc(Cl)c(F)c2)C1.CS(=O)(=O)N1CCCC(C(=O)Nc2ccc(Cl)c(F)c2)C1.O=C(Nc1ccc(Cl)c(F)c1)C1CCCNC1.O=C(Nc1ccc(Cl)c(F)c1)C1CNc2ccccc2C1.O=C(Nc1ccc(Cl)c(F)c1)c1cnc2ccccc2c1. The third-order valence-corrected chi connectivity index (χ3v) is 25.7. The van der Waals surface area contributed by atoms with Crippen LogP contribution < -0.4 is 47.4 Å². The molecule has 0 saturated carbocycles. The number of rotatable bonds is 16. The largest absolute Gasteiger partial charge is 0.384 e. The molecule has 6 amide bonds. The number of pyridine rings is 1. The Morgan fingerprint density at radius 1 is 0.432 bits per heavy atom. The molecule has 0 radical (unpaired) electrons. The van der Waals surface area contributed by atoms with Crippen molar-refractivity contribution in [3.8, 4) is 0 Å². The van der Waals surface area contributed by atoms with E-state index in [0.717, 1.165) is 66.5 Å². The molecule has 15 rings (SSSR count). The van der Waals surface area contributed by atoms with Crippen LogP contribution in [0.15, 0.2) is 194 Å². The van der Waals surface area contributed by atoms with Gasteiger partial charge in [-0.25, -0.2) is 51.8 Å². The van der Waals surface area contributed by atoms with Gasteiger partial charge in [0.25, 0.3) is 5.91 Å². The number of para-hydroxylation sites is 3. The molecular formula is C89H90Cl6F6N12O10S2. The second-order valence-corrected chi connectivity index (χ2v) is 36.4. The molecule has 5 atom stereocenters. The molecule has 36 heteroatoms. The first-order valence-corrected chi connectivity index (χ1v) is 45.5. The van der Waals surface area contributed by atoms with E-state index in [1.54, 1.807) is 31.2 Å². The Hall–Kier alpha value is -10.1. The molecule has 3 saturated heterocycles. The Kier molecular flexibility index (Phi) is 35.6. The Bertz CT molecular complexity index is 5780. The van der Waals surface area contributed by atoms with Crippen LogP contribution in [0.1, 0.15) is 73.9 Å². The highest BCUT2D eigenvalue weighted by Crippen LogP contribution is 2.34. The fraction of sp³-hybridized carbons (Fsp3) is 0.292. The molecule has 8 N–H and O–H groups in total. The monoisotopic (exact) mass is 1870 g/mol. The topological polar surface area (TPSA) is 290 Å². The molecular weight excluding hydrogens is 1790 g/mol. The molecule has 0 aliphatic carbocycles. The van der Waals surface area contributed by atoms with Crippen molar-refractivity contribution in [2.24, 2.45) is 29.6 Å². The van der Waals surface area contributed by atoms with E-state index >= 15 is 0 Å². The zero-order chi connectivity index (χ0) is 90.2. The van der Waals surface area contributed by atoms with Gasteiger partial charge in [-0.2, -0.15) is 0 Å². The van der Waals surface area contributed by atoms with Crippen molar-refractivity contribution in [3.05, 3.63) is 276 Å². The van der Waals surface area contributed by atoms with Crippen LogP contribution >= 0.6 is 69.6 Å². The molecule has 5 aliphatic heterocycles. The zero-order valence-electron chi connectivity index (χ0n) is 67.8. The second kappa shape index (κ2) is 45.9. The smallest absolute Gasteiger partial charge is 0.257 e. The molecule has 9 aromatic carbocycles. The van der Waals surface area contributed by atoms with Gasteiger partial charge in [0.15, 0.2) is 0 Å². The minimum absolute atomic E-state index is 0.0142. The number of carbonyl (C=O) groups is 6. The number of hydrogen-bond acceptors (Lipinski definition) is 14. The lowest BCUT2D eigenvalue weighted by molar-refractivity contribution is -0.121. The number of piperidine rings is 3. The first-order valence-electron chi connectivity index (χ1n) is 39.8. The minimum Gasteiger partial charge on any atom is -0.384 e. The molecule has 0 spiro atoms. The molecule has 3 fully saturated rings. The zero-order valence-corrected chi connectivity index (χ0v) is 74.0. The number of aromatic nitrogens is 1. The molecule has 125 heavy (non-hydrogen) atoms. The van der Waals surface area contributed by atoms with Gasteiger partial charge in [0.2, 0.25) is 49.6 Å². The molecule has 0 bridgehead atoms. The second-order valence-electron chi connectivity index (χ2n) is 29.7. The molecule has 662 valence electrons. The van der Waals surface area contributed by atoms with E-state index in [9.17, 15) is 71.9 Å². The Morgan fingerprint density at radius 2 is 0.824 bits per heavy atom. The van der Waals surface area contributed by atoms with Gasteiger partial charge in [0.05, 0.1) is 82.8 Å². The van der Waals surface area contributed by atoms with Crippen molar-refractivity contribution in [2.75, 3.05) is 113 Å². The highest BCUT2D eigenvalue weighted by atomic mass is 35.5. The number of anilines is 8. The summed E-state index contributed by atoms with van der Waals surface area (Å²) in [6.07, 6.45) is 8.31. The van der Waals surface area contributed by atoms with E-state index in [2.05, 4.69) is 71.5 Å². The van der Waals surface area contributed by atoms with Crippen LogP contribution in [0.5, 0.6) is 0 Å². The van der Waals surface area contributed by atoms with Crippen molar-refractivity contribution in [1.29, 1.82) is 0 Å². The number of nitrogens with zero attached hydrogens (tertiary/aromatic N) is 4. The van der Waals surface area contributed by atoms with E-state index in [1.165, 1.54) is 105 Å². The van der Waals surface area contributed by atoms with Gasteiger partial charge in [0.1, 0.15) is 34.9 Å². The lowest BCUT2D eigenvalue weighted by Crippen LogP contribution is -2.44. The summed E-state index contributed by atoms with van der Waals surface area (Å²) in [5, 5.41) is 23.4.